The maximum absolute atomic E-state index is 14.4. The van der Waals surface area contributed by atoms with Gasteiger partial charge in [0.1, 0.15) is 5.82 Å². The third-order valence-electron chi connectivity index (χ3n) is 4.08. The van der Waals surface area contributed by atoms with Crippen molar-refractivity contribution in [2.24, 2.45) is 16.5 Å². The Kier molecular flexibility index (Phi) is 6.10. The molecule has 5 nitrogen and oxygen atoms in total. The molecular formula is C18H19Cl2FN4O. The van der Waals surface area contributed by atoms with Crippen molar-refractivity contribution >= 4 is 35.2 Å². The van der Waals surface area contributed by atoms with Crippen LogP contribution < -0.4 is 11.5 Å². The number of rotatable bonds is 1. The van der Waals surface area contributed by atoms with Crippen LogP contribution in [-0.2, 0) is 13.0 Å². The van der Waals surface area contributed by atoms with Gasteiger partial charge in [0.15, 0.2) is 5.96 Å². The summed E-state index contributed by atoms with van der Waals surface area (Å²) in [6.07, 6.45) is 0.514. The van der Waals surface area contributed by atoms with Crippen LogP contribution in [0.25, 0.3) is 11.1 Å². The molecule has 0 spiro atoms. The van der Waals surface area contributed by atoms with Gasteiger partial charge in [0.25, 0.3) is 0 Å². The lowest BCUT2D eigenvalue weighted by atomic mass is 9.91. The topological polar surface area (TPSA) is 84.7 Å². The summed E-state index contributed by atoms with van der Waals surface area (Å²) in [4.78, 5) is 17.2. The molecule has 3 rings (SSSR count). The molecule has 8 heteroatoms. The van der Waals surface area contributed by atoms with E-state index in [0.29, 0.717) is 23.6 Å². The molecule has 0 aromatic heterocycles. The fraction of sp³-hybridized carbons (Fsp3) is 0.222. The van der Waals surface area contributed by atoms with E-state index in [0.717, 1.165) is 11.1 Å². The minimum Gasteiger partial charge on any atom is -0.370 e. The molecule has 1 aliphatic rings. The number of carbonyl (C=O) groups is 1. The Morgan fingerprint density at radius 3 is 2.50 bits per heavy atom. The second-order valence-electron chi connectivity index (χ2n) is 5.64. The number of hydrogen-bond acceptors (Lipinski definition) is 1. The summed E-state index contributed by atoms with van der Waals surface area (Å²) in [5.74, 6) is -0.746. The monoisotopic (exact) mass is 396 g/mol. The highest BCUT2D eigenvalue weighted by molar-refractivity contribution is 6.33. The van der Waals surface area contributed by atoms with E-state index >= 15 is 0 Å². The second kappa shape index (κ2) is 7.93. The molecule has 0 unspecified atom stereocenters. The summed E-state index contributed by atoms with van der Waals surface area (Å²) < 4.78 is 14.4. The number of hydrogen-bond donors (Lipinski definition) is 2. The molecule has 0 aliphatic carbocycles. The van der Waals surface area contributed by atoms with Crippen LogP contribution in [0.4, 0.5) is 9.18 Å². The largest absolute Gasteiger partial charge is 0.370 e. The molecule has 4 N–H and O–H groups in total. The highest BCUT2D eigenvalue weighted by atomic mass is 35.5. The van der Waals surface area contributed by atoms with Gasteiger partial charge in [-0.15, -0.1) is 0 Å². The van der Waals surface area contributed by atoms with Crippen LogP contribution in [0.2, 0.25) is 10.0 Å². The predicted molar refractivity (Wildman–Crippen MR) is 104 cm³/mol. The Morgan fingerprint density at radius 2 is 1.85 bits per heavy atom. The van der Waals surface area contributed by atoms with E-state index in [1.807, 2.05) is 0 Å². The lowest BCUT2D eigenvalue weighted by Crippen LogP contribution is -2.36. The molecule has 26 heavy (non-hydrogen) atoms. The first kappa shape index (κ1) is 20.0. The third kappa shape index (κ3) is 3.76. The van der Waals surface area contributed by atoms with Crippen molar-refractivity contribution in [2.75, 3.05) is 6.54 Å². The SMILES string of the molecule is C.NC(N)=NC(=O)N1CCc2c(Cl)ccc(-c3c(F)cccc3Cl)c2C1. The van der Waals surface area contributed by atoms with E-state index in [-0.39, 0.29) is 30.5 Å². The highest BCUT2D eigenvalue weighted by Crippen LogP contribution is 2.38. The molecule has 0 fully saturated rings. The van der Waals surface area contributed by atoms with Crippen molar-refractivity contribution in [1.29, 1.82) is 0 Å². The van der Waals surface area contributed by atoms with Gasteiger partial charge in [-0.25, -0.2) is 9.18 Å². The first-order valence-electron chi connectivity index (χ1n) is 7.51. The number of fused-ring (bicyclic) bond motifs is 1. The van der Waals surface area contributed by atoms with Crippen LogP contribution in [-0.4, -0.2) is 23.4 Å². The summed E-state index contributed by atoms with van der Waals surface area (Å²) in [7, 11) is 0. The maximum atomic E-state index is 14.4. The van der Waals surface area contributed by atoms with Crippen LogP contribution in [0.5, 0.6) is 0 Å². The van der Waals surface area contributed by atoms with Crippen LogP contribution in [0.15, 0.2) is 35.3 Å². The normalized spacial score (nSPS) is 12.8. The molecule has 0 saturated carbocycles. The van der Waals surface area contributed by atoms with Crippen LogP contribution in [0.3, 0.4) is 0 Å². The highest BCUT2D eigenvalue weighted by Gasteiger charge is 2.26. The van der Waals surface area contributed by atoms with E-state index in [2.05, 4.69) is 4.99 Å². The summed E-state index contributed by atoms with van der Waals surface area (Å²) in [5.41, 5.74) is 13.0. The van der Waals surface area contributed by atoms with Gasteiger partial charge in [0.05, 0.1) is 5.02 Å². The Hall–Kier alpha value is -2.31. The summed E-state index contributed by atoms with van der Waals surface area (Å²) in [6, 6.07) is 7.38. The van der Waals surface area contributed by atoms with Gasteiger partial charge < -0.3 is 16.4 Å². The fourth-order valence-electron chi connectivity index (χ4n) is 2.97. The lowest BCUT2D eigenvalue weighted by Gasteiger charge is -2.30. The predicted octanol–water partition coefficient (Wildman–Crippen LogP) is 4.19. The molecule has 0 radical (unpaired) electrons. The summed E-state index contributed by atoms with van der Waals surface area (Å²) in [6.45, 7) is 0.627. The number of carbonyl (C=O) groups excluding carboxylic acids is 1. The van der Waals surface area contributed by atoms with Crippen LogP contribution in [0, 0.1) is 5.82 Å². The zero-order valence-corrected chi connectivity index (χ0v) is 14.6. The van der Waals surface area contributed by atoms with Crippen LogP contribution >= 0.6 is 23.2 Å². The molecule has 0 bridgehead atoms. The zero-order chi connectivity index (χ0) is 18.1. The zero-order valence-electron chi connectivity index (χ0n) is 13.1. The van der Waals surface area contributed by atoms with Gasteiger partial charge >= 0.3 is 6.03 Å². The van der Waals surface area contributed by atoms with Gasteiger partial charge in [-0.05, 0) is 41.3 Å². The number of benzene rings is 2. The smallest absolute Gasteiger partial charge is 0.347 e. The first-order chi connectivity index (χ1) is 11.9. The van der Waals surface area contributed by atoms with Gasteiger partial charge in [0, 0.05) is 23.7 Å². The summed E-state index contributed by atoms with van der Waals surface area (Å²) >= 11 is 12.5. The average molecular weight is 397 g/mol. The Labute approximate surface area is 161 Å². The Balaban J connectivity index is 0.00000243. The number of urea groups is 1. The van der Waals surface area contributed by atoms with Crippen molar-refractivity contribution in [3.05, 3.63) is 57.3 Å². The van der Waals surface area contributed by atoms with Crippen molar-refractivity contribution in [3.63, 3.8) is 0 Å². The molecular weight excluding hydrogens is 378 g/mol. The van der Waals surface area contributed by atoms with Gasteiger partial charge in [-0.2, -0.15) is 4.99 Å². The molecule has 1 aliphatic heterocycles. The number of halogens is 3. The van der Waals surface area contributed by atoms with E-state index < -0.39 is 11.8 Å². The number of nitrogens with zero attached hydrogens (tertiary/aromatic N) is 2. The quantitative estimate of drug-likeness (QED) is 0.559. The molecule has 2 aromatic carbocycles. The first-order valence-corrected chi connectivity index (χ1v) is 8.27. The van der Waals surface area contributed by atoms with Crippen molar-refractivity contribution < 1.29 is 9.18 Å². The molecule has 0 atom stereocenters. The number of amides is 2. The fourth-order valence-corrected chi connectivity index (χ4v) is 3.50. The van der Waals surface area contributed by atoms with Gasteiger partial charge in [-0.1, -0.05) is 42.8 Å². The lowest BCUT2D eigenvalue weighted by molar-refractivity contribution is 0.203. The third-order valence-corrected chi connectivity index (χ3v) is 4.75. The van der Waals surface area contributed by atoms with Gasteiger partial charge in [-0.3, -0.25) is 0 Å². The molecule has 2 aromatic rings. The average Bonchev–Trinajstić information content (AvgIpc) is 2.55. The maximum Gasteiger partial charge on any atom is 0.347 e. The number of nitrogens with two attached hydrogens (primary N) is 2. The molecule has 138 valence electrons. The molecule has 2 amide bonds. The molecule has 1 heterocycles. The minimum atomic E-state index is -0.545. The van der Waals surface area contributed by atoms with E-state index in [4.69, 9.17) is 34.7 Å². The van der Waals surface area contributed by atoms with Crippen molar-refractivity contribution in [2.45, 2.75) is 20.4 Å². The van der Waals surface area contributed by atoms with Crippen molar-refractivity contribution in [3.8, 4) is 11.1 Å². The standard InChI is InChI=1S/C17H15Cl2FN4O.CH4/c18-12-5-4-10(15-13(19)2-1-3-14(15)20)11-8-24(7-6-9(11)12)17(25)23-16(21)22;/h1-5H,6-8H2,(H4,21,22,23,25);1H4. The second-order valence-corrected chi connectivity index (χ2v) is 6.45. The Morgan fingerprint density at radius 1 is 1.12 bits per heavy atom. The number of guanidine groups is 1. The minimum absolute atomic E-state index is 0. The molecule has 0 saturated heterocycles. The number of aliphatic imine (C=N–C) groups is 1. The van der Waals surface area contributed by atoms with Crippen molar-refractivity contribution in [1.82, 2.24) is 4.90 Å². The Bertz CT molecular complexity index is 861. The van der Waals surface area contributed by atoms with E-state index in [1.54, 1.807) is 18.2 Å². The van der Waals surface area contributed by atoms with Gasteiger partial charge in [0.2, 0.25) is 0 Å². The summed E-state index contributed by atoms with van der Waals surface area (Å²) in [5, 5.41) is 0.859. The van der Waals surface area contributed by atoms with E-state index in [1.165, 1.54) is 17.0 Å². The van der Waals surface area contributed by atoms with E-state index in [9.17, 15) is 9.18 Å². The van der Waals surface area contributed by atoms with Crippen LogP contribution in [0.1, 0.15) is 18.6 Å².